The molecule has 0 radical (unpaired) electrons. The lowest BCUT2D eigenvalue weighted by atomic mass is 9.69. The van der Waals surface area contributed by atoms with Crippen LogP contribution in [0.2, 0.25) is 5.02 Å². The van der Waals surface area contributed by atoms with Gasteiger partial charge in [-0.15, -0.1) is 0 Å². The number of hydrogen-bond donors (Lipinski definition) is 5. The summed E-state index contributed by atoms with van der Waals surface area (Å²) in [7, 11) is 0. The number of benzene rings is 1. The maximum Gasteiger partial charge on any atom is 0.327 e. The highest BCUT2D eigenvalue weighted by Gasteiger charge is 2.57. The Labute approximate surface area is 149 Å². The van der Waals surface area contributed by atoms with E-state index in [1.54, 1.807) is 25.1 Å². The molecular formula is C16H11ClN6O3. The average Bonchev–Trinajstić information content (AvgIpc) is 3.06. The molecule has 0 saturated heterocycles. The molecule has 1 amide bonds. The highest BCUT2D eigenvalue weighted by Crippen LogP contribution is 2.53. The minimum atomic E-state index is -1.45. The molecule has 2 aliphatic rings. The number of rotatable bonds is 0. The fourth-order valence-electron chi connectivity index (χ4n) is 3.94. The van der Waals surface area contributed by atoms with Crippen molar-refractivity contribution in [3.05, 3.63) is 66.4 Å². The van der Waals surface area contributed by atoms with Crippen molar-refractivity contribution in [2.45, 2.75) is 12.3 Å². The number of amides is 1. The van der Waals surface area contributed by atoms with Gasteiger partial charge in [-0.2, -0.15) is 5.10 Å². The molecule has 10 heteroatoms. The average molecular weight is 371 g/mol. The zero-order chi connectivity index (χ0) is 18.2. The molecule has 26 heavy (non-hydrogen) atoms. The lowest BCUT2D eigenvalue weighted by Gasteiger charge is -2.33. The predicted molar refractivity (Wildman–Crippen MR) is 94.3 cm³/mol. The van der Waals surface area contributed by atoms with Crippen LogP contribution in [-0.2, 0) is 10.2 Å². The first kappa shape index (κ1) is 15.0. The predicted octanol–water partition coefficient (Wildman–Crippen LogP) is 1.09. The van der Waals surface area contributed by atoms with Crippen molar-refractivity contribution < 1.29 is 4.79 Å². The van der Waals surface area contributed by atoms with Gasteiger partial charge in [0.05, 0.1) is 5.56 Å². The van der Waals surface area contributed by atoms with Gasteiger partial charge < -0.3 is 10.6 Å². The van der Waals surface area contributed by atoms with E-state index in [9.17, 15) is 14.4 Å². The second kappa shape index (κ2) is 4.64. The van der Waals surface area contributed by atoms with Gasteiger partial charge in [0.2, 0.25) is 5.91 Å². The number of nitrogens with one attached hydrogen (secondary N) is 5. The minimum Gasteiger partial charge on any atom is -0.324 e. The number of aromatic nitrogens is 4. The van der Waals surface area contributed by atoms with Crippen molar-refractivity contribution in [2.24, 2.45) is 0 Å². The van der Waals surface area contributed by atoms with E-state index in [1.165, 1.54) is 0 Å². The normalized spacial score (nSPS) is 19.5. The summed E-state index contributed by atoms with van der Waals surface area (Å²) in [4.78, 5) is 42.5. The lowest BCUT2D eigenvalue weighted by Crippen LogP contribution is -2.46. The van der Waals surface area contributed by atoms with Gasteiger partial charge in [0.1, 0.15) is 11.2 Å². The van der Waals surface area contributed by atoms with E-state index < -0.39 is 22.6 Å². The van der Waals surface area contributed by atoms with Gasteiger partial charge in [-0.3, -0.25) is 24.7 Å². The zero-order valence-electron chi connectivity index (χ0n) is 13.3. The molecular weight excluding hydrogens is 360 g/mol. The number of carbonyl (C=O) groups excluding carboxylic acids is 1. The number of H-pyrrole nitrogens is 3. The summed E-state index contributed by atoms with van der Waals surface area (Å²) in [5.41, 5.74) is -0.451. The fraction of sp³-hybridized carbons (Fsp3) is 0.125. The third-order valence-electron chi connectivity index (χ3n) is 4.86. The molecule has 9 nitrogen and oxygen atoms in total. The molecule has 2 aliphatic heterocycles. The second-order valence-electron chi connectivity index (χ2n) is 6.25. The largest absolute Gasteiger partial charge is 0.327 e. The van der Waals surface area contributed by atoms with Crippen LogP contribution in [0.5, 0.6) is 0 Å². The van der Waals surface area contributed by atoms with Crippen molar-refractivity contribution in [3.63, 3.8) is 0 Å². The summed E-state index contributed by atoms with van der Waals surface area (Å²) in [5, 5.41) is 13.2. The summed E-state index contributed by atoms with van der Waals surface area (Å²) in [6, 6.07) is 4.98. The van der Waals surface area contributed by atoms with E-state index in [2.05, 4.69) is 30.8 Å². The van der Waals surface area contributed by atoms with Crippen molar-refractivity contribution >= 4 is 34.8 Å². The van der Waals surface area contributed by atoms with E-state index in [4.69, 9.17) is 11.6 Å². The summed E-state index contributed by atoms with van der Waals surface area (Å²) >= 11 is 6.06. The monoisotopic (exact) mass is 370 g/mol. The molecule has 0 bridgehead atoms. The number of halogens is 1. The van der Waals surface area contributed by atoms with Crippen LogP contribution < -0.4 is 21.9 Å². The topological polar surface area (TPSA) is 136 Å². The Kier molecular flexibility index (Phi) is 2.67. The summed E-state index contributed by atoms with van der Waals surface area (Å²) in [5.74, 6) is 0.0886. The van der Waals surface area contributed by atoms with Gasteiger partial charge in [-0.05, 0) is 19.1 Å². The fourth-order valence-corrected chi connectivity index (χ4v) is 4.11. The molecule has 1 aromatic carbocycles. The molecule has 4 heterocycles. The molecule has 1 spiro atoms. The van der Waals surface area contributed by atoms with Crippen LogP contribution in [-0.4, -0.2) is 26.1 Å². The molecule has 1 atom stereocenters. The first-order valence-electron chi connectivity index (χ1n) is 7.74. The van der Waals surface area contributed by atoms with Crippen LogP contribution in [0.4, 0.5) is 17.3 Å². The Hall–Kier alpha value is -3.33. The van der Waals surface area contributed by atoms with Crippen molar-refractivity contribution in [1.82, 2.24) is 20.2 Å². The van der Waals surface area contributed by atoms with Gasteiger partial charge in [0.25, 0.3) is 5.56 Å². The number of aryl methyl sites for hydroxylation is 1. The van der Waals surface area contributed by atoms with Crippen LogP contribution in [0.15, 0.2) is 27.8 Å². The van der Waals surface area contributed by atoms with Crippen molar-refractivity contribution in [1.29, 1.82) is 0 Å². The van der Waals surface area contributed by atoms with Crippen LogP contribution in [0.25, 0.3) is 0 Å². The Morgan fingerprint density at radius 1 is 1.08 bits per heavy atom. The number of carbonyl (C=O) groups is 1. The highest BCUT2D eigenvalue weighted by atomic mass is 35.5. The Bertz CT molecular complexity index is 1240. The van der Waals surface area contributed by atoms with Crippen LogP contribution in [0, 0.1) is 6.92 Å². The first-order chi connectivity index (χ1) is 12.4. The smallest absolute Gasteiger partial charge is 0.324 e. The molecule has 2 aromatic heterocycles. The molecule has 3 aromatic rings. The number of hydrogen-bond acceptors (Lipinski definition) is 5. The molecule has 5 rings (SSSR count). The second-order valence-corrected chi connectivity index (χ2v) is 6.69. The highest BCUT2D eigenvalue weighted by molar-refractivity contribution is 6.31. The number of aromatic amines is 3. The summed E-state index contributed by atoms with van der Waals surface area (Å²) in [6.07, 6.45) is 0. The third kappa shape index (κ3) is 1.60. The molecule has 0 fully saturated rings. The summed E-state index contributed by atoms with van der Waals surface area (Å²) in [6.45, 7) is 1.77. The number of fused-ring (bicyclic) bond motifs is 6. The van der Waals surface area contributed by atoms with Gasteiger partial charge in [-0.25, -0.2) is 4.79 Å². The van der Waals surface area contributed by atoms with E-state index in [0.29, 0.717) is 33.3 Å². The lowest BCUT2D eigenvalue weighted by molar-refractivity contribution is -0.118. The van der Waals surface area contributed by atoms with E-state index in [1.807, 2.05) is 0 Å². The molecule has 130 valence electrons. The molecule has 1 unspecified atom stereocenters. The standard InChI is InChI=1S/C16H11ClN6O3/c1-5-9-12(23-22-5)19-11-10(13(24)21-15(26)20-11)16(9)7-3-2-6(17)4-8(7)18-14(16)25/h2-4H,1H3,(H,18,25)(H4,19,20,21,22,23,24,26). The van der Waals surface area contributed by atoms with E-state index >= 15 is 0 Å². The SMILES string of the molecule is Cc1[nH]nc2c1C1(C(=O)Nc3cc(Cl)ccc31)c1c([nH]c(=O)[nH]c1=O)N2. The van der Waals surface area contributed by atoms with E-state index in [0.717, 1.165) is 0 Å². The van der Waals surface area contributed by atoms with Gasteiger partial charge in [0, 0.05) is 27.5 Å². The maximum absolute atomic E-state index is 13.3. The Balaban J connectivity index is 2.01. The molecule has 5 N–H and O–H groups in total. The number of nitrogens with zero attached hydrogens (tertiary/aromatic N) is 1. The van der Waals surface area contributed by atoms with Gasteiger partial charge >= 0.3 is 5.69 Å². The zero-order valence-corrected chi connectivity index (χ0v) is 14.0. The number of anilines is 3. The van der Waals surface area contributed by atoms with E-state index in [-0.39, 0.29) is 11.4 Å². The van der Waals surface area contributed by atoms with Gasteiger partial charge in [0.15, 0.2) is 5.82 Å². The maximum atomic E-state index is 13.3. The Morgan fingerprint density at radius 2 is 1.88 bits per heavy atom. The molecule has 0 aliphatic carbocycles. The quantitative estimate of drug-likeness (QED) is 0.403. The van der Waals surface area contributed by atoms with Crippen molar-refractivity contribution in [2.75, 3.05) is 10.6 Å². The Morgan fingerprint density at radius 3 is 2.69 bits per heavy atom. The summed E-state index contributed by atoms with van der Waals surface area (Å²) < 4.78 is 0. The first-order valence-corrected chi connectivity index (χ1v) is 8.11. The third-order valence-corrected chi connectivity index (χ3v) is 5.09. The van der Waals surface area contributed by atoms with Gasteiger partial charge in [-0.1, -0.05) is 17.7 Å². The molecule has 0 saturated carbocycles. The van der Waals surface area contributed by atoms with Crippen LogP contribution >= 0.6 is 11.6 Å². The van der Waals surface area contributed by atoms with Crippen LogP contribution in [0.1, 0.15) is 22.4 Å². The van der Waals surface area contributed by atoms with Crippen molar-refractivity contribution in [3.8, 4) is 0 Å². The minimum absolute atomic E-state index is 0.104. The van der Waals surface area contributed by atoms with Crippen LogP contribution in [0.3, 0.4) is 0 Å².